The van der Waals surface area contributed by atoms with Crippen molar-refractivity contribution in [2.24, 2.45) is 0 Å². The summed E-state index contributed by atoms with van der Waals surface area (Å²) in [6.45, 7) is 4.48. The first-order valence-electron chi connectivity index (χ1n) is 5.99. The summed E-state index contributed by atoms with van der Waals surface area (Å²) >= 11 is 1.47. The SMILES string of the molecule is CC(Sc1cccc(O)c1)C(=O)N1CCOCC1. The Labute approximate surface area is 111 Å². The highest BCUT2D eigenvalue weighted by atomic mass is 32.2. The van der Waals surface area contributed by atoms with E-state index in [4.69, 9.17) is 4.74 Å². The Morgan fingerprint density at radius 2 is 2.17 bits per heavy atom. The summed E-state index contributed by atoms with van der Waals surface area (Å²) in [5, 5.41) is 9.24. The number of hydrogen-bond donors (Lipinski definition) is 1. The van der Waals surface area contributed by atoms with E-state index in [2.05, 4.69) is 0 Å². The van der Waals surface area contributed by atoms with Gasteiger partial charge in [-0.2, -0.15) is 0 Å². The molecule has 1 saturated heterocycles. The van der Waals surface area contributed by atoms with E-state index in [1.54, 1.807) is 18.2 Å². The van der Waals surface area contributed by atoms with Crippen molar-refractivity contribution in [1.82, 2.24) is 4.90 Å². The molecule has 1 aromatic rings. The lowest BCUT2D eigenvalue weighted by Gasteiger charge is -2.29. The van der Waals surface area contributed by atoms with Crippen molar-refractivity contribution in [3.8, 4) is 5.75 Å². The summed E-state index contributed by atoms with van der Waals surface area (Å²) in [5.41, 5.74) is 0. The van der Waals surface area contributed by atoms with Gasteiger partial charge >= 0.3 is 0 Å². The van der Waals surface area contributed by atoms with E-state index >= 15 is 0 Å². The van der Waals surface area contributed by atoms with Crippen LogP contribution in [0.4, 0.5) is 0 Å². The minimum Gasteiger partial charge on any atom is -0.508 e. The zero-order valence-corrected chi connectivity index (χ0v) is 11.2. The summed E-state index contributed by atoms with van der Waals surface area (Å²) in [6, 6.07) is 6.98. The molecule has 0 bridgehead atoms. The molecule has 1 unspecified atom stereocenters. The number of carbonyl (C=O) groups excluding carboxylic acids is 1. The molecule has 0 spiro atoms. The van der Waals surface area contributed by atoms with Crippen LogP contribution in [0.15, 0.2) is 29.2 Å². The Kier molecular flexibility index (Phi) is 4.49. The highest BCUT2D eigenvalue weighted by Crippen LogP contribution is 2.27. The molecule has 0 saturated carbocycles. The number of amides is 1. The summed E-state index contributed by atoms with van der Waals surface area (Å²) in [7, 11) is 0. The Bertz CT molecular complexity index is 418. The van der Waals surface area contributed by atoms with Gasteiger partial charge in [0, 0.05) is 18.0 Å². The maximum Gasteiger partial charge on any atom is 0.235 e. The molecule has 1 aliphatic rings. The van der Waals surface area contributed by atoms with Gasteiger partial charge in [-0.05, 0) is 25.1 Å². The molecule has 1 N–H and O–H groups in total. The van der Waals surface area contributed by atoms with Crippen molar-refractivity contribution in [1.29, 1.82) is 0 Å². The highest BCUT2D eigenvalue weighted by molar-refractivity contribution is 8.00. The van der Waals surface area contributed by atoms with Crippen LogP contribution < -0.4 is 0 Å². The van der Waals surface area contributed by atoms with Crippen LogP contribution in [-0.2, 0) is 9.53 Å². The second-order valence-corrected chi connectivity index (χ2v) is 5.61. The lowest BCUT2D eigenvalue weighted by atomic mass is 10.3. The van der Waals surface area contributed by atoms with E-state index in [1.165, 1.54) is 11.8 Å². The summed E-state index contributed by atoms with van der Waals surface area (Å²) < 4.78 is 5.23. The number of hydrogen-bond acceptors (Lipinski definition) is 4. The first kappa shape index (κ1) is 13.2. The van der Waals surface area contributed by atoms with Crippen LogP contribution in [0.3, 0.4) is 0 Å². The Hall–Kier alpha value is -1.20. The Balaban J connectivity index is 1.94. The maximum absolute atomic E-state index is 12.2. The standard InChI is InChI=1S/C13H17NO3S/c1-10(13(16)14-5-7-17-8-6-14)18-12-4-2-3-11(15)9-12/h2-4,9-10,15H,5-8H2,1H3. The Morgan fingerprint density at radius 3 is 2.83 bits per heavy atom. The summed E-state index contributed by atoms with van der Waals surface area (Å²) in [6.07, 6.45) is 0. The van der Waals surface area contributed by atoms with Crippen LogP contribution in [0.1, 0.15) is 6.92 Å². The van der Waals surface area contributed by atoms with Crippen LogP contribution in [0, 0.1) is 0 Å². The fourth-order valence-corrected chi connectivity index (χ4v) is 2.86. The van der Waals surface area contributed by atoms with Crippen LogP contribution in [0.25, 0.3) is 0 Å². The smallest absolute Gasteiger partial charge is 0.235 e. The van der Waals surface area contributed by atoms with Gasteiger partial charge in [0.1, 0.15) is 5.75 Å². The molecule has 5 heteroatoms. The van der Waals surface area contributed by atoms with Gasteiger partial charge in [0.25, 0.3) is 0 Å². The van der Waals surface area contributed by atoms with Crippen LogP contribution in [0.2, 0.25) is 0 Å². The lowest BCUT2D eigenvalue weighted by Crippen LogP contribution is -2.44. The molecular formula is C13H17NO3S. The third kappa shape index (κ3) is 3.40. The summed E-state index contributed by atoms with van der Waals surface area (Å²) in [5.74, 6) is 0.359. The fourth-order valence-electron chi connectivity index (χ4n) is 1.85. The van der Waals surface area contributed by atoms with E-state index in [0.717, 1.165) is 4.90 Å². The molecule has 1 aliphatic heterocycles. The molecule has 0 aliphatic carbocycles. The fraction of sp³-hybridized carbons (Fsp3) is 0.462. The second kappa shape index (κ2) is 6.11. The number of phenols is 1. The number of phenolic OH excluding ortho intramolecular Hbond substituents is 1. The van der Waals surface area contributed by atoms with E-state index in [0.29, 0.717) is 26.3 Å². The molecule has 18 heavy (non-hydrogen) atoms. The molecule has 98 valence electrons. The molecule has 1 atom stereocenters. The first-order valence-corrected chi connectivity index (χ1v) is 6.87. The minimum atomic E-state index is -0.148. The minimum absolute atomic E-state index is 0.131. The summed E-state index contributed by atoms with van der Waals surface area (Å²) in [4.78, 5) is 14.9. The zero-order chi connectivity index (χ0) is 13.0. The number of carbonyl (C=O) groups is 1. The number of nitrogens with zero attached hydrogens (tertiary/aromatic N) is 1. The largest absolute Gasteiger partial charge is 0.508 e. The van der Waals surface area contributed by atoms with E-state index < -0.39 is 0 Å². The average Bonchev–Trinajstić information content (AvgIpc) is 2.39. The van der Waals surface area contributed by atoms with Crippen molar-refractivity contribution in [2.75, 3.05) is 26.3 Å². The predicted octanol–water partition coefficient (Wildman–Crippen LogP) is 1.73. The van der Waals surface area contributed by atoms with Crippen molar-refractivity contribution in [3.05, 3.63) is 24.3 Å². The number of rotatable bonds is 3. The van der Waals surface area contributed by atoms with Crippen LogP contribution in [-0.4, -0.2) is 47.5 Å². The van der Waals surface area contributed by atoms with Gasteiger partial charge in [0.2, 0.25) is 5.91 Å². The van der Waals surface area contributed by atoms with Crippen molar-refractivity contribution in [3.63, 3.8) is 0 Å². The van der Waals surface area contributed by atoms with E-state index in [1.807, 2.05) is 17.9 Å². The molecule has 4 nitrogen and oxygen atoms in total. The quantitative estimate of drug-likeness (QED) is 0.847. The van der Waals surface area contributed by atoms with E-state index in [-0.39, 0.29) is 16.9 Å². The van der Waals surface area contributed by atoms with Crippen LogP contribution >= 0.6 is 11.8 Å². The number of aromatic hydroxyl groups is 1. The molecule has 0 radical (unpaired) electrons. The lowest BCUT2D eigenvalue weighted by molar-refractivity contribution is -0.134. The molecule has 1 heterocycles. The van der Waals surface area contributed by atoms with Crippen molar-refractivity contribution >= 4 is 17.7 Å². The van der Waals surface area contributed by atoms with Crippen LogP contribution in [0.5, 0.6) is 5.75 Å². The average molecular weight is 267 g/mol. The predicted molar refractivity (Wildman–Crippen MR) is 70.8 cm³/mol. The maximum atomic E-state index is 12.2. The van der Waals surface area contributed by atoms with Crippen molar-refractivity contribution < 1.29 is 14.6 Å². The number of thioether (sulfide) groups is 1. The van der Waals surface area contributed by atoms with E-state index in [9.17, 15) is 9.90 Å². The number of ether oxygens (including phenoxy) is 1. The molecule has 1 fully saturated rings. The van der Waals surface area contributed by atoms with Gasteiger partial charge in [-0.15, -0.1) is 11.8 Å². The second-order valence-electron chi connectivity index (χ2n) is 4.20. The molecule has 2 rings (SSSR count). The van der Waals surface area contributed by atoms with Gasteiger partial charge in [-0.1, -0.05) is 6.07 Å². The first-order chi connectivity index (χ1) is 8.66. The number of benzene rings is 1. The molecule has 1 aromatic carbocycles. The van der Waals surface area contributed by atoms with Gasteiger partial charge in [0.15, 0.2) is 0 Å². The third-order valence-electron chi connectivity index (χ3n) is 2.80. The van der Waals surface area contributed by atoms with Gasteiger partial charge in [-0.25, -0.2) is 0 Å². The van der Waals surface area contributed by atoms with Gasteiger partial charge in [-0.3, -0.25) is 4.79 Å². The van der Waals surface area contributed by atoms with Crippen molar-refractivity contribution in [2.45, 2.75) is 17.1 Å². The molecule has 0 aromatic heterocycles. The molecule has 1 amide bonds. The number of morpholine rings is 1. The Morgan fingerprint density at radius 1 is 1.44 bits per heavy atom. The monoisotopic (exact) mass is 267 g/mol. The normalized spacial score (nSPS) is 17.5. The highest BCUT2D eigenvalue weighted by Gasteiger charge is 2.23. The topological polar surface area (TPSA) is 49.8 Å². The molecular weight excluding hydrogens is 250 g/mol. The van der Waals surface area contributed by atoms with Gasteiger partial charge < -0.3 is 14.7 Å². The zero-order valence-electron chi connectivity index (χ0n) is 10.3. The van der Waals surface area contributed by atoms with Gasteiger partial charge in [0.05, 0.1) is 18.5 Å². The third-order valence-corrected chi connectivity index (χ3v) is 3.88.